The van der Waals surface area contributed by atoms with Gasteiger partial charge in [-0.2, -0.15) is 0 Å². The molecule has 2 amide bonds. The molecule has 0 radical (unpaired) electrons. The molecule has 1 aliphatic carbocycles. The molecule has 0 unspecified atom stereocenters. The van der Waals surface area contributed by atoms with Gasteiger partial charge in [0.25, 0.3) is 0 Å². The van der Waals surface area contributed by atoms with Gasteiger partial charge < -0.3 is 10.6 Å². The first-order chi connectivity index (χ1) is 10.5. The summed E-state index contributed by atoms with van der Waals surface area (Å²) in [6.07, 6.45) is 4.21. The third kappa shape index (κ3) is 6.17. The van der Waals surface area contributed by atoms with Crippen molar-refractivity contribution < 1.29 is 13.2 Å². The SMILES string of the molecule is O=C(NCCN1CCS(=O)(=O)CC1)NC1CCC(NI)CC1. The number of nitrogens with zero attached hydrogens (tertiary/aromatic N) is 1. The van der Waals surface area contributed by atoms with Crippen molar-refractivity contribution in [1.82, 2.24) is 19.1 Å². The van der Waals surface area contributed by atoms with Crippen LogP contribution in [0.4, 0.5) is 4.79 Å². The normalized spacial score (nSPS) is 29.0. The Morgan fingerprint density at radius 3 is 2.27 bits per heavy atom. The van der Waals surface area contributed by atoms with Gasteiger partial charge in [-0.3, -0.25) is 8.43 Å². The Balaban J connectivity index is 1.57. The molecule has 0 aromatic carbocycles. The van der Waals surface area contributed by atoms with Crippen LogP contribution in [0.1, 0.15) is 25.7 Å². The van der Waals surface area contributed by atoms with E-state index in [9.17, 15) is 13.2 Å². The van der Waals surface area contributed by atoms with Crippen LogP contribution in [0, 0.1) is 0 Å². The lowest BCUT2D eigenvalue weighted by Crippen LogP contribution is -2.48. The lowest BCUT2D eigenvalue weighted by atomic mass is 9.92. The van der Waals surface area contributed by atoms with Crippen LogP contribution in [0.5, 0.6) is 0 Å². The molecule has 1 heterocycles. The fourth-order valence-electron chi connectivity index (χ4n) is 2.88. The van der Waals surface area contributed by atoms with E-state index in [-0.39, 0.29) is 23.6 Å². The average molecular weight is 444 g/mol. The third-order valence-corrected chi connectivity index (χ3v) is 6.86. The first-order valence-corrected chi connectivity index (χ1v) is 10.7. The number of rotatable bonds is 5. The quantitative estimate of drug-likeness (QED) is 0.419. The van der Waals surface area contributed by atoms with E-state index in [1.165, 1.54) is 0 Å². The van der Waals surface area contributed by atoms with Gasteiger partial charge in [0.2, 0.25) is 0 Å². The summed E-state index contributed by atoms with van der Waals surface area (Å²) >= 11 is 2.19. The second-order valence-corrected chi connectivity index (χ2v) is 8.98. The fraction of sp³-hybridized carbons (Fsp3) is 0.923. The van der Waals surface area contributed by atoms with Gasteiger partial charge in [-0.05, 0) is 25.7 Å². The summed E-state index contributed by atoms with van der Waals surface area (Å²) in [7, 11) is -2.83. The van der Waals surface area contributed by atoms with Gasteiger partial charge in [-0.15, -0.1) is 0 Å². The van der Waals surface area contributed by atoms with Gasteiger partial charge in [0.1, 0.15) is 0 Å². The van der Waals surface area contributed by atoms with Crippen molar-refractivity contribution in [3.05, 3.63) is 0 Å². The Morgan fingerprint density at radius 2 is 1.68 bits per heavy atom. The molecule has 2 rings (SSSR count). The largest absolute Gasteiger partial charge is 0.337 e. The van der Waals surface area contributed by atoms with Crippen molar-refractivity contribution in [3.8, 4) is 0 Å². The fourth-order valence-corrected chi connectivity index (χ4v) is 4.78. The zero-order valence-corrected chi connectivity index (χ0v) is 15.7. The number of hydrogen-bond acceptors (Lipinski definition) is 5. The predicted molar refractivity (Wildman–Crippen MR) is 94.8 cm³/mol. The van der Waals surface area contributed by atoms with Gasteiger partial charge in [-0.25, -0.2) is 13.2 Å². The van der Waals surface area contributed by atoms with Crippen LogP contribution in [0.3, 0.4) is 0 Å². The number of urea groups is 1. The van der Waals surface area contributed by atoms with Crippen LogP contribution >= 0.6 is 22.9 Å². The Hall–Kier alpha value is -0.130. The van der Waals surface area contributed by atoms with Crippen LogP contribution in [0.25, 0.3) is 0 Å². The molecule has 0 bridgehead atoms. The average Bonchev–Trinajstić information content (AvgIpc) is 2.50. The summed E-state index contributed by atoms with van der Waals surface area (Å²) in [4.78, 5) is 13.9. The van der Waals surface area contributed by atoms with E-state index >= 15 is 0 Å². The molecule has 0 atom stereocenters. The molecule has 0 spiro atoms. The predicted octanol–water partition coefficient (Wildman–Crippen LogP) is 0.267. The van der Waals surface area contributed by atoms with E-state index in [4.69, 9.17) is 0 Å². The van der Waals surface area contributed by atoms with Crippen molar-refractivity contribution in [2.75, 3.05) is 37.7 Å². The Bertz CT molecular complexity index is 452. The monoisotopic (exact) mass is 444 g/mol. The van der Waals surface area contributed by atoms with Crippen LogP contribution in [0.15, 0.2) is 0 Å². The van der Waals surface area contributed by atoms with Gasteiger partial charge >= 0.3 is 6.03 Å². The topological polar surface area (TPSA) is 90.5 Å². The molecule has 0 aromatic heterocycles. The summed E-state index contributed by atoms with van der Waals surface area (Å²) in [5.74, 6) is 0.459. The highest BCUT2D eigenvalue weighted by Crippen LogP contribution is 2.19. The molecule has 1 saturated carbocycles. The van der Waals surface area contributed by atoms with Gasteiger partial charge in [-0.1, -0.05) is 0 Å². The van der Waals surface area contributed by atoms with Crippen LogP contribution in [-0.2, 0) is 9.84 Å². The van der Waals surface area contributed by atoms with E-state index in [0.29, 0.717) is 32.2 Å². The summed E-state index contributed by atoms with van der Waals surface area (Å²) in [6.45, 7) is 2.39. The van der Waals surface area contributed by atoms with E-state index in [0.717, 1.165) is 25.7 Å². The lowest BCUT2D eigenvalue weighted by Gasteiger charge is -2.29. The molecule has 1 saturated heterocycles. The minimum absolute atomic E-state index is 0.115. The van der Waals surface area contributed by atoms with Crippen molar-refractivity contribution in [2.45, 2.75) is 37.8 Å². The summed E-state index contributed by atoms with van der Waals surface area (Å²) in [6, 6.07) is 0.716. The van der Waals surface area contributed by atoms with E-state index < -0.39 is 9.84 Å². The highest BCUT2D eigenvalue weighted by molar-refractivity contribution is 14.1. The molecule has 7 nitrogen and oxygen atoms in total. The zero-order valence-electron chi connectivity index (χ0n) is 12.7. The number of carbonyl (C=O) groups is 1. The van der Waals surface area contributed by atoms with Gasteiger partial charge in [0.05, 0.1) is 11.5 Å². The van der Waals surface area contributed by atoms with Crippen LogP contribution in [-0.4, -0.2) is 69.1 Å². The highest BCUT2D eigenvalue weighted by Gasteiger charge is 2.22. The summed E-state index contributed by atoms with van der Waals surface area (Å²) < 4.78 is 25.9. The molecule has 2 aliphatic rings. The minimum Gasteiger partial charge on any atom is -0.337 e. The maximum atomic E-state index is 11.9. The second-order valence-electron chi connectivity index (χ2n) is 6.05. The smallest absolute Gasteiger partial charge is 0.315 e. The molecule has 2 fully saturated rings. The molecule has 1 aliphatic heterocycles. The van der Waals surface area contributed by atoms with Crippen LogP contribution < -0.4 is 14.2 Å². The Labute approximate surface area is 146 Å². The number of sulfone groups is 1. The van der Waals surface area contributed by atoms with Crippen molar-refractivity contribution in [1.29, 1.82) is 0 Å². The lowest BCUT2D eigenvalue weighted by molar-refractivity contribution is 0.227. The third-order valence-electron chi connectivity index (χ3n) is 4.37. The van der Waals surface area contributed by atoms with Gasteiger partial charge in [0.15, 0.2) is 9.84 Å². The molecule has 0 aromatic rings. The van der Waals surface area contributed by atoms with E-state index in [1.807, 2.05) is 0 Å². The maximum absolute atomic E-state index is 11.9. The number of nitrogens with one attached hydrogen (secondary N) is 3. The van der Waals surface area contributed by atoms with Crippen molar-refractivity contribution in [2.24, 2.45) is 0 Å². The molecule has 128 valence electrons. The van der Waals surface area contributed by atoms with Crippen molar-refractivity contribution >= 4 is 38.7 Å². The molecular weight excluding hydrogens is 419 g/mol. The van der Waals surface area contributed by atoms with Gasteiger partial charge in [0, 0.05) is 61.1 Å². The van der Waals surface area contributed by atoms with E-state index in [1.54, 1.807) is 0 Å². The second kappa shape index (κ2) is 8.65. The number of amides is 2. The number of halogens is 1. The van der Waals surface area contributed by atoms with Crippen LogP contribution in [0.2, 0.25) is 0 Å². The zero-order chi connectivity index (χ0) is 16.0. The molecule has 22 heavy (non-hydrogen) atoms. The summed E-state index contributed by atoms with van der Waals surface area (Å²) in [5, 5.41) is 5.88. The molecule has 9 heteroatoms. The number of hydrogen-bond donors (Lipinski definition) is 3. The molecule has 3 N–H and O–H groups in total. The van der Waals surface area contributed by atoms with Crippen molar-refractivity contribution in [3.63, 3.8) is 0 Å². The minimum atomic E-state index is -2.83. The number of carbonyl (C=O) groups excluding carboxylic acids is 1. The maximum Gasteiger partial charge on any atom is 0.315 e. The highest BCUT2D eigenvalue weighted by atomic mass is 127. The standard InChI is InChI=1S/C13H25IN4O3S/c14-17-12-3-1-11(2-4-12)16-13(19)15-5-6-18-7-9-22(20,21)10-8-18/h11-12,17H,1-10H2,(H2,15,16,19). The Kier molecular flexibility index (Phi) is 7.16. The summed E-state index contributed by atoms with van der Waals surface area (Å²) in [5.41, 5.74) is 0. The Morgan fingerprint density at radius 1 is 1.09 bits per heavy atom. The first-order valence-electron chi connectivity index (χ1n) is 7.82. The molecular formula is C13H25IN4O3S. The first kappa shape index (κ1) is 18.2. The van der Waals surface area contributed by atoms with E-state index in [2.05, 4.69) is 41.9 Å².